The molecule has 1 amide bonds. The first-order chi connectivity index (χ1) is 12.8. The molecule has 0 saturated carbocycles. The Hall–Kier alpha value is -2.55. The number of carbonyl (C=O) groups excluding carboxylic acids is 1. The summed E-state index contributed by atoms with van der Waals surface area (Å²) >= 11 is 0. The lowest BCUT2D eigenvalue weighted by molar-refractivity contribution is -0.178. The van der Waals surface area contributed by atoms with Gasteiger partial charge in [0.15, 0.2) is 5.79 Å². The van der Waals surface area contributed by atoms with Gasteiger partial charge >= 0.3 is 0 Å². The van der Waals surface area contributed by atoms with Gasteiger partial charge in [-0.15, -0.1) is 0 Å². The van der Waals surface area contributed by atoms with Gasteiger partial charge in [-0.2, -0.15) is 0 Å². The van der Waals surface area contributed by atoms with Gasteiger partial charge in [0.2, 0.25) is 0 Å². The van der Waals surface area contributed by atoms with Gasteiger partial charge in [0.25, 0.3) is 5.91 Å². The van der Waals surface area contributed by atoms with Crippen molar-refractivity contribution in [2.75, 3.05) is 18.5 Å². The van der Waals surface area contributed by atoms with E-state index in [1.807, 2.05) is 0 Å². The monoisotopic (exact) mass is 377 g/mol. The number of pyridine rings is 1. The summed E-state index contributed by atoms with van der Waals surface area (Å²) in [6.45, 7) is 5.35. The summed E-state index contributed by atoms with van der Waals surface area (Å²) in [5.74, 6) is -2.12. The van der Waals surface area contributed by atoms with Crippen LogP contribution < -0.4 is 10.8 Å². The van der Waals surface area contributed by atoms with Crippen molar-refractivity contribution in [1.29, 1.82) is 0 Å². The molecule has 3 N–H and O–H groups in total. The van der Waals surface area contributed by atoms with E-state index in [-0.39, 0.29) is 24.5 Å². The zero-order chi connectivity index (χ0) is 19.9. The van der Waals surface area contributed by atoms with Crippen LogP contribution in [-0.2, 0) is 9.57 Å². The van der Waals surface area contributed by atoms with E-state index in [1.54, 1.807) is 19.1 Å². The fourth-order valence-electron chi connectivity index (χ4n) is 2.18. The molecule has 0 fully saturated rings. The van der Waals surface area contributed by atoms with Crippen LogP contribution in [0.4, 0.5) is 15.8 Å². The number of anilines is 2. The summed E-state index contributed by atoms with van der Waals surface area (Å²) < 4.78 is 19.2. The molecule has 0 spiro atoms. The van der Waals surface area contributed by atoms with E-state index in [2.05, 4.69) is 15.8 Å². The van der Waals surface area contributed by atoms with Gasteiger partial charge in [-0.1, -0.05) is 6.07 Å². The first-order valence-electron chi connectivity index (χ1n) is 8.52. The number of rotatable bonds is 9. The summed E-state index contributed by atoms with van der Waals surface area (Å²) in [5, 5.41) is 12.3. The molecule has 146 valence electrons. The van der Waals surface area contributed by atoms with E-state index in [9.17, 15) is 14.3 Å². The molecule has 2 aromatic rings. The zero-order valence-corrected chi connectivity index (χ0v) is 15.6. The molecule has 0 aliphatic rings. The first kappa shape index (κ1) is 20.8. The number of nitrogens with one attached hydrogen (secondary N) is 2. The molecule has 1 aromatic carbocycles. The van der Waals surface area contributed by atoms with E-state index in [4.69, 9.17) is 9.57 Å². The van der Waals surface area contributed by atoms with Crippen LogP contribution in [0, 0.1) is 12.7 Å². The van der Waals surface area contributed by atoms with Gasteiger partial charge in [-0.05, 0) is 51.0 Å². The highest BCUT2D eigenvalue weighted by molar-refractivity contribution is 5.99. The van der Waals surface area contributed by atoms with Crippen molar-refractivity contribution >= 4 is 17.3 Å². The Morgan fingerprint density at radius 3 is 2.74 bits per heavy atom. The molecule has 0 saturated heterocycles. The average Bonchev–Trinajstić information content (AvgIpc) is 2.59. The summed E-state index contributed by atoms with van der Waals surface area (Å²) in [6.07, 6.45) is 3.38. The van der Waals surface area contributed by atoms with Crippen LogP contribution in [0.3, 0.4) is 0 Å². The molecule has 0 aliphatic heterocycles. The molecule has 27 heavy (non-hydrogen) atoms. The molecule has 1 heterocycles. The molecule has 0 unspecified atom stereocenters. The normalized spacial score (nSPS) is 11.3. The number of aryl methyl sites for hydroxylation is 1. The Bertz CT molecular complexity index is 778. The van der Waals surface area contributed by atoms with Crippen LogP contribution in [0.1, 0.15) is 36.2 Å². The number of nitrogens with zero attached hydrogens (tertiary/aromatic N) is 1. The lowest BCUT2D eigenvalue weighted by atomic mass is 10.2. The minimum absolute atomic E-state index is 0.211. The number of amides is 1. The number of benzene rings is 1. The summed E-state index contributed by atoms with van der Waals surface area (Å²) in [7, 11) is 0. The Morgan fingerprint density at radius 2 is 2.04 bits per heavy atom. The average molecular weight is 377 g/mol. The third kappa shape index (κ3) is 6.93. The van der Waals surface area contributed by atoms with E-state index >= 15 is 0 Å². The molecular formula is C19H24FN3O4. The van der Waals surface area contributed by atoms with Crippen molar-refractivity contribution in [1.82, 2.24) is 10.5 Å². The number of halogens is 1. The number of carbonyl (C=O) groups is 1. The Balaban J connectivity index is 1.91. The van der Waals surface area contributed by atoms with Crippen LogP contribution >= 0.6 is 0 Å². The minimum Gasteiger partial charge on any atom is -0.366 e. The number of hydrogen-bond acceptors (Lipinski definition) is 6. The fourth-order valence-corrected chi connectivity index (χ4v) is 2.18. The molecule has 0 bridgehead atoms. The quantitative estimate of drug-likeness (QED) is 0.353. The molecule has 0 radical (unpaired) electrons. The standard InChI is InChI=1S/C19H24FN3O4/c1-13-5-6-16(15(20)11-13)22-17-12-21-8-7-14(17)18(24)23-27-10-4-9-26-19(2,3)25/h5-8,11-12,22,25H,4,9-10H2,1-3H3,(H,23,24). The van der Waals surface area contributed by atoms with Crippen LogP contribution in [-0.4, -0.2) is 35.0 Å². The lowest BCUT2D eigenvalue weighted by Crippen LogP contribution is -2.27. The Labute approximate surface area is 157 Å². The maximum absolute atomic E-state index is 14.0. The third-order valence-corrected chi connectivity index (χ3v) is 3.47. The Morgan fingerprint density at radius 1 is 1.26 bits per heavy atom. The van der Waals surface area contributed by atoms with Crippen LogP contribution in [0.2, 0.25) is 0 Å². The zero-order valence-electron chi connectivity index (χ0n) is 15.6. The molecule has 1 aromatic heterocycles. The summed E-state index contributed by atoms with van der Waals surface area (Å²) in [5.41, 5.74) is 3.98. The maximum atomic E-state index is 14.0. The largest absolute Gasteiger partial charge is 0.366 e. The van der Waals surface area contributed by atoms with E-state index < -0.39 is 17.5 Å². The summed E-state index contributed by atoms with van der Waals surface area (Å²) in [6, 6.07) is 6.26. The highest BCUT2D eigenvalue weighted by Gasteiger charge is 2.14. The number of hydroxylamine groups is 1. The number of hydrogen-bond donors (Lipinski definition) is 3. The van der Waals surface area contributed by atoms with E-state index in [0.29, 0.717) is 12.1 Å². The highest BCUT2D eigenvalue weighted by Crippen LogP contribution is 2.23. The fraction of sp³-hybridized carbons (Fsp3) is 0.368. The molecular weight excluding hydrogens is 353 g/mol. The van der Waals surface area contributed by atoms with Gasteiger partial charge in [0, 0.05) is 6.20 Å². The second kappa shape index (κ2) is 9.40. The van der Waals surface area contributed by atoms with E-state index in [1.165, 1.54) is 38.4 Å². The van der Waals surface area contributed by atoms with E-state index in [0.717, 1.165) is 5.56 Å². The predicted molar refractivity (Wildman–Crippen MR) is 98.9 cm³/mol. The number of aromatic nitrogens is 1. The van der Waals surface area contributed by atoms with Gasteiger partial charge in [-0.25, -0.2) is 9.87 Å². The highest BCUT2D eigenvalue weighted by atomic mass is 19.1. The molecule has 0 atom stereocenters. The van der Waals surface area contributed by atoms with Crippen molar-refractivity contribution < 1.29 is 23.9 Å². The molecule has 7 nitrogen and oxygen atoms in total. The smallest absolute Gasteiger partial charge is 0.277 e. The van der Waals surface area contributed by atoms with Gasteiger partial charge in [0.1, 0.15) is 5.82 Å². The number of ether oxygens (including phenoxy) is 1. The lowest BCUT2D eigenvalue weighted by Gasteiger charge is -2.17. The number of aliphatic hydroxyl groups is 1. The molecule has 0 aliphatic carbocycles. The minimum atomic E-state index is -1.20. The second-order valence-corrected chi connectivity index (χ2v) is 6.46. The topological polar surface area (TPSA) is 92.7 Å². The molecule has 2 rings (SSSR count). The van der Waals surface area contributed by atoms with Gasteiger partial charge < -0.3 is 15.2 Å². The maximum Gasteiger partial charge on any atom is 0.277 e. The van der Waals surface area contributed by atoms with Crippen molar-refractivity contribution in [3.8, 4) is 0 Å². The van der Waals surface area contributed by atoms with Crippen molar-refractivity contribution in [3.05, 3.63) is 53.6 Å². The van der Waals surface area contributed by atoms with Gasteiger partial charge in [0.05, 0.1) is 36.3 Å². The van der Waals surface area contributed by atoms with Crippen molar-refractivity contribution in [3.63, 3.8) is 0 Å². The Kier molecular flexibility index (Phi) is 7.23. The van der Waals surface area contributed by atoms with Crippen molar-refractivity contribution in [2.45, 2.75) is 33.0 Å². The van der Waals surface area contributed by atoms with Gasteiger partial charge in [-0.3, -0.25) is 14.6 Å². The third-order valence-electron chi connectivity index (χ3n) is 3.47. The SMILES string of the molecule is Cc1ccc(Nc2cnccc2C(=O)NOCCCOC(C)(C)O)c(F)c1. The second-order valence-electron chi connectivity index (χ2n) is 6.46. The van der Waals surface area contributed by atoms with Crippen LogP contribution in [0.5, 0.6) is 0 Å². The first-order valence-corrected chi connectivity index (χ1v) is 8.52. The van der Waals surface area contributed by atoms with Crippen LogP contribution in [0.25, 0.3) is 0 Å². The summed E-state index contributed by atoms with van der Waals surface area (Å²) in [4.78, 5) is 21.4. The predicted octanol–water partition coefficient (Wildman–Crippen LogP) is 3.07. The van der Waals surface area contributed by atoms with Crippen molar-refractivity contribution in [2.24, 2.45) is 0 Å². The molecule has 8 heteroatoms. The van der Waals surface area contributed by atoms with Crippen LogP contribution in [0.15, 0.2) is 36.7 Å².